The first-order valence-corrected chi connectivity index (χ1v) is 7.86. The van der Waals surface area contributed by atoms with Crippen molar-refractivity contribution in [2.45, 2.75) is 26.8 Å². The Kier molecular flexibility index (Phi) is 7.62. The molecular formula is C15H24BrN3O. The number of hydrogen-bond acceptors (Lipinski definition) is 3. The zero-order valence-electron chi connectivity index (χ0n) is 12.5. The Morgan fingerprint density at radius 1 is 1.35 bits per heavy atom. The molecule has 1 aromatic carbocycles. The molecule has 0 aliphatic heterocycles. The van der Waals surface area contributed by atoms with Crippen molar-refractivity contribution in [3.63, 3.8) is 0 Å². The van der Waals surface area contributed by atoms with Gasteiger partial charge >= 0.3 is 0 Å². The minimum Gasteiger partial charge on any atom is -0.362 e. The molecule has 0 atom stereocenters. The molecule has 0 bridgehead atoms. The highest BCUT2D eigenvalue weighted by atomic mass is 79.9. The number of carbonyl (C=O) groups excluding carboxylic acids is 1. The van der Waals surface area contributed by atoms with Gasteiger partial charge in [-0.25, -0.2) is 0 Å². The van der Waals surface area contributed by atoms with Crippen LogP contribution in [0.5, 0.6) is 0 Å². The van der Waals surface area contributed by atoms with Gasteiger partial charge in [-0.3, -0.25) is 4.79 Å². The standard InChI is InChI=1S/C15H24BrN3O/c1-4-8-18-10-12-6-7-13(16)9-14(12)19(5-2)11-15(20)17-3/h6-7,9,18H,4-5,8,10-11H2,1-3H3,(H,17,20). The Morgan fingerprint density at radius 2 is 2.10 bits per heavy atom. The molecule has 0 aromatic heterocycles. The number of carbonyl (C=O) groups is 1. The number of nitrogens with zero attached hydrogens (tertiary/aromatic N) is 1. The van der Waals surface area contributed by atoms with E-state index in [-0.39, 0.29) is 5.91 Å². The fraction of sp³-hybridized carbons (Fsp3) is 0.533. The summed E-state index contributed by atoms with van der Waals surface area (Å²) in [5.41, 5.74) is 2.32. The van der Waals surface area contributed by atoms with Crippen LogP contribution in [0, 0.1) is 0 Å². The Bertz CT molecular complexity index is 437. The molecule has 20 heavy (non-hydrogen) atoms. The molecular weight excluding hydrogens is 318 g/mol. The molecule has 0 spiro atoms. The summed E-state index contributed by atoms with van der Waals surface area (Å²) >= 11 is 3.51. The van der Waals surface area contributed by atoms with Crippen molar-refractivity contribution < 1.29 is 4.79 Å². The van der Waals surface area contributed by atoms with Gasteiger partial charge in [0.2, 0.25) is 5.91 Å². The van der Waals surface area contributed by atoms with Crippen LogP contribution >= 0.6 is 15.9 Å². The van der Waals surface area contributed by atoms with Gasteiger partial charge in [-0.2, -0.15) is 0 Å². The summed E-state index contributed by atoms with van der Waals surface area (Å²) < 4.78 is 1.03. The zero-order chi connectivity index (χ0) is 15.0. The minimum atomic E-state index is 0.0271. The van der Waals surface area contributed by atoms with Crippen LogP contribution in [-0.2, 0) is 11.3 Å². The van der Waals surface area contributed by atoms with Gasteiger partial charge in [0, 0.05) is 30.3 Å². The number of amides is 1. The van der Waals surface area contributed by atoms with Crippen LogP contribution in [0.3, 0.4) is 0 Å². The predicted octanol–water partition coefficient (Wildman–Crippen LogP) is 2.52. The topological polar surface area (TPSA) is 44.4 Å². The summed E-state index contributed by atoms with van der Waals surface area (Å²) in [6, 6.07) is 6.23. The largest absolute Gasteiger partial charge is 0.362 e. The molecule has 0 aliphatic rings. The van der Waals surface area contributed by atoms with Gasteiger partial charge in [-0.15, -0.1) is 0 Å². The van der Waals surface area contributed by atoms with Crippen LogP contribution in [0.1, 0.15) is 25.8 Å². The van der Waals surface area contributed by atoms with Crippen LogP contribution in [0.4, 0.5) is 5.69 Å². The third-order valence-electron chi connectivity index (χ3n) is 3.13. The van der Waals surface area contributed by atoms with E-state index in [0.29, 0.717) is 6.54 Å². The lowest BCUT2D eigenvalue weighted by Crippen LogP contribution is -2.36. The van der Waals surface area contributed by atoms with E-state index in [2.05, 4.69) is 57.4 Å². The number of rotatable bonds is 8. The summed E-state index contributed by atoms with van der Waals surface area (Å²) in [4.78, 5) is 13.7. The first kappa shape index (κ1) is 17.0. The highest BCUT2D eigenvalue weighted by Gasteiger charge is 2.13. The van der Waals surface area contributed by atoms with Crippen molar-refractivity contribution in [2.75, 3.05) is 31.6 Å². The Hall–Kier alpha value is -1.07. The van der Waals surface area contributed by atoms with Crippen molar-refractivity contribution in [1.29, 1.82) is 0 Å². The van der Waals surface area contributed by atoms with E-state index >= 15 is 0 Å². The van der Waals surface area contributed by atoms with E-state index in [9.17, 15) is 4.79 Å². The van der Waals surface area contributed by atoms with Crippen molar-refractivity contribution in [3.8, 4) is 0 Å². The van der Waals surface area contributed by atoms with E-state index in [1.54, 1.807) is 7.05 Å². The van der Waals surface area contributed by atoms with E-state index in [4.69, 9.17) is 0 Å². The molecule has 4 nitrogen and oxygen atoms in total. The van der Waals surface area contributed by atoms with Crippen molar-refractivity contribution in [3.05, 3.63) is 28.2 Å². The number of halogens is 1. The second kappa shape index (κ2) is 8.97. The molecule has 2 N–H and O–H groups in total. The first-order valence-electron chi connectivity index (χ1n) is 7.07. The van der Waals surface area contributed by atoms with Gasteiger partial charge in [0.25, 0.3) is 0 Å². The molecule has 1 rings (SSSR count). The second-order valence-electron chi connectivity index (χ2n) is 4.64. The van der Waals surface area contributed by atoms with E-state index in [0.717, 1.165) is 36.2 Å². The van der Waals surface area contributed by atoms with Gasteiger partial charge in [0.1, 0.15) is 0 Å². The molecule has 0 unspecified atom stereocenters. The summed E-state index contributed by atoms with van der Waals surface area (Å²) in [6.45, 7) is 7.21. The van der Waals surface area contributed by atoms with Crippen LogP contribution < -0.4 is 15.5 Å². The van der Waals surface area contributed by atoms with Crippen LogP contribution in [0.25, 0.3) is 0 Å². The number of likely N-dealkylation sites (N-methyl/N-ethyl adjacent to an activating group) is 2. The highest BCUT2D eigenvalue weighted by molar-refractivity contribution is 9.10. The van der Waals surface area contributed by atoms with Gasteiger partial charge < -0.3 is 15.5 Å². The quantitative estimate of drug-likeness (QED) is 0.714. The Labute approximate surface area is 130 Å². The number of hydrogen-bond donors (Lipinski definition) is 2. The summed E-state index contributed by atoms with van der Waals surface area (Å²) in [7, 11) is 1.67. The lowest BCUT2D eigenvalue weighted by atomic mass is 10.1. The normalized spacial score (nSPS) is 10.4. The average Bonchev–Trinajstić information content (AvgIpc) is 2.46. The van der Waals surface area contributed by atoms with Crippen molar-refractivity contribution >= 4 is 27.5 Å². The van der Waals surface area contributed by atoms with Gasteiger partial charge in [0.05, 0.1) is 6.54 Å². The molecule has 0 saturated carbocycles. The average molecular weight is 342 g/mol. The van der Waals surface area contributed by atoms with E-state index < -0.39 is 0 Å². The number of nitrogens with one attached hydrogen (secondary N) is 2. The van der Waals surface area contributed by atoms with Crippen LogP contribution in [0.15, 0.2) is 22.7 Å². The maximum absolute atomic E-state index is 11.6. The molecule has 1 amide bonds. The number of benzene rings is 1. The second-order valence-corrected chi connectivity index (χ2v) is 5.55. The molecule has 1 aromatic rings. The zero-order valence-corrected chi connectivity index (χ0v) is 14.1. The fourth-order valence-corrected chi connectivity index (χ4v) is 2.35. The lowest BCUT2D eigenvalue weighted by Gasteiger charge is -2.25. The van der Waals surface area contributed by atoms with Gasteiger partial charge in [0.15, 0.2) is 0 Å². The molecule has 5 heteroatoms. The van der Waals surface area contributed by atoms with Crippen LogP contribution in [-0.4, -0.2) is 32.6 Å². The highest BCUT2D eigenvalue weighted by Crippen LogP contribution is 2.25. The molecule has 0 aliphatic carbocycles. The predicted molar refractivity (Wildman–Crippen MR) is 88.1 cm³/mol. The maximum Gasteiger partial charge on any atom is 0.239 e. The molecule has 112 valence electrons. The van der Waals surface area contributed by atoms with E-state index in [1.807, 2.05) is 6.07 Å². The molecule has 0 fully saturated rings. The Balaban J connectivity index is 2.92. The molecule has 0 heterocycles. The molecule has 0 radical (unpaired) electrons. The summed E-state index contributed by atoms with van der Waals surface area (Å²) in [5, 5.41) is 6.09. The molecule has 0 saturated heterocycles. The SMILES string of the molecule is CCCNCc1ccc(Br)cc1N(CC)CC(=O)NC. The van der Waals surface area contributed by atoms with Crippen LogP contribution in [0.2, 0.25) is 0 Å². The summed E-state index contributed by atoms with van der Waals surface area (Å²) in [6.07, 6.45) is 1.11. The summed E-state index contributed by atoms with van der Waals surface area (Å²) in [5.74, 6) is 0.0271. The first-order chi connectivity index (χ1) is 9.62. The Morgan fingerprint density at radius 3 is 2.70 bits per heavy atom. The smallest absolute Gasteiger partial charge is 0.239 e. The minimum absolute atomic E-state index is 0.0271. The third kappa shape index (κ3) is 5.13. The van der Waals surface area contributed by atoms with Crippen molar-refractivity contribution in [1.82, 2.24) is 10.6 Å². The fourth-order valence-electron chi connectivity index (χ4n) is 2.00. The van der Waals surface area contributed by atoms with Gasteiger partial charge in [-0.1, -0.05) is 28.9 Å². The third-order valence-corrected chi connectivity index (χ3v) is 3.62. The maximum atomic E-state index is 11.6. The monoisotopic (exact) mass is 341 g/mol. The number of anilines is 1. The lowest BCUT2D eigenvalue weighted by molar-refractivity contribution is -0.119. The van der Waals surface area contributed by atoms with E-state index in [1.165, 1.54) is 5.56 Å². The van der Waals surface area contributed by atoms with Crippen molar-refractivity contribution in [2.24, 2.45) is 0 Å². The van der Waals surface area contributed by atoms with Gasteiger partial charge in [-0.05, 0) is 37.6 Å².